The molecule has 21 heavy (non-hydrogen) atoms. The van der Waals surface area contributed by atoms with E-state index < -0.39 is 0 Å². The first-order valence-electron chi connectivity index (χ1n) is 7.01. The molecule has 6 nitrogen and oxygen atoms in total. The number of nitrogens with zero attached hydrogens (tertiary/aromatic N) is 2. The number of hydrogen-bond donors (Lipinski definition) is 2. The maximum Gasteiger partial charge on any atom is 0.328 e. The van der Waals surface area contributed by atoms with Crippen LogP contribution < -0.4 is 16.7 Å². The molecule has 0 unspecified atom stereocenters. The molecule has 0 atom stereocenters. The van der Waals surface area contributed by atoms with Crippen molar-refractivity contribution in [3.05, 3.63) is 47.1 Å². The minimum absolute atomic E-state index is 0.0721. The Morgan fingerprint density at radius 3 is 2.38 bits per heavy atom. The van der Waals surface area contributed by atoms with Gasteiger partial charge in [-0.15, -0.1) is 0 Å². The molecule has 0 saturated heterocycles. The smallest absolute Gasteiger partial charge is 0.328 e. The Balaban J connectivity index is 1.89. The van der Waals surface area contributed by atoms with Crippen molar-refractivity contribution in [2.45, 2.75) is 32.9 Å². The predicted octanol–water partition coefficient (Wildman–Crippen LogP) is 1.67. The van der Waals surface area contributed by atoms with Crippen LogP contribution in [0.25, 0.3) is 0 Å². The van der Waals surface area contributed by atoms with Crippen molar-refractivity contribution < 1.29 is 4.79 Å². The Morgan fingerprint density at radius 1 is 1.14 bits per heavy atom. The number of nitrogens with one attached hydrogen (secondary N) is 1. The lowest BCUT2D eigenvalue weighted by Gasteiger charge is -2.06. The third-order valence-corrected chi connectivity index (χ3v) is 3.16. The molecule has 0 spiro atoms. The monoisotopic (exact) mass is 288 g/mol. The van der Waals surface area contributed by atoms with Gasteiger partial charge in [0.2, 0.25) is 5.91 Å². The highest BCUT2D eigenvalue weighted by molar-refractivity contribution is 5.90. The largest absolute Gasteiger partial charge is 0.399 e. The van der Waals surface area contributed by atoms with Gasteiger partial charge in [-0.1, -0.05) is 6.92 Å². The van der Waals surface area contributed by atoms with E-state index in [2.05, 4.69) is 5.32 Å². The quantitative estimate of drug-likeness (QED) is 0.793. The van der Waals surface area contributed by atoms with Gasteiger partial charge >= 0.3 is 5.69 Å². The summed E-state index contributed by atoms with van der Waals surface area (Å²) in [5.41, 5.74) is 6.86. The molecular formula is C15H20N4O2. The number of anilines is 2. The Bertz CT molecular complexity index is 655. The summed E-state index contributed by atoms with van der Waals surface area (Å²) in [6, 6.07) is 6.95. The third kappa shape index (κ3) is 3.98. The van der Waals surface area contributed by atoms with E-state index in [0.29, 0.717) is 24.5 Å². The van der Waals surface area contributed by atoms with Crippen LogP contribution >= 0.6 is 0 Å². The highest BCUT2D eigenvalue weighted by Crippen LogP contribution is 2.10. The zero-order valence-electron chi connectivity index (χ0n) is 12.1. The molecule has 2 rings (SSSR count). The minimum atomic E-state index is -0.130. The molecule has 0 aliphatic carbocycles. The van der Waals surface area contributed by atoms with Gasteiger partial charge in [-0.3, -0.25) is 13.9 Å². The Labute approximate surface area is 123 Å². The average molecular weight is 288 g/mol. The standard InChI is InChI=1S/C15H20N4O2/c1-2-8-18-10-11-19(15(18)21)9-7-14(20)17-13-5-3-12(16)4-6-13/h3-6,10-11H,2,7-9,16H2,1H3,(H,17,20). The van der Waals surface area contributed by atoms with Gasteiger partial charge in [0, 0.05) is 43.3 Å². The number of carbonyl (C=O) groups excluding carboxylic acids is 1. The van der Waals surface area contributed by atoms with Crippen LogP contribution in [-0.4, -0.2) is 15.0 Å². The van der Waals surface area contributed by atoms with Gasteiger partial charge in [0.15, 0.2) is 0 Å². The van der Waals surface area contributed by atoms with Crippen LogP contribution in [0, 0.1) is 0 Å². The van der Waals surface area contributed by atoms with Crippen LogP contribution in [-0.2, 0) is 17.9 Å². The van der Waals surface area contributed by atoms with Crippen molar-refractivity contribution in [2.24, 2.45) is 0 Å². The van der Waals surface area contributed by atoms with Crippen LogP contribution in [0.2, 0.25) is 0 Å². The number of hydrogen-bond acceptors (Lipinski definition) is 3. The lowest BCUT2D eigenvalue weighted by molar-refractivity contribution is -0.116. The maximum absolute atomic E-state index is 11.9. The summed E-state index contributed by atoms with van der Waals surface area (Å²) in [7, 11) is 0. The van der Waals surface area contributed by atoms with Gasteiger partial charge in [-0.25, -0.2) is 4.79 Å². The molecule has 0 aliphatic rings. The van der Waals surface area contributed by atoms with Crippen molar-refractivity contribution >= 4 is 17.3 Å². The van der Waals surface area contributed by atoms with Crippen LogP contribution in [0.5, 0.6) is 0 Å². The zero-order valence-corrected chi connectivity index (χ0v) is 12.1. The molecule has 0 radical (unpaired) electrons. The summed E-state index contributed by atoms with van der Waals surface area (Å²) in [6.45, 7) is 3.09. The fourth-order valence-corrected chi connectivity index (χ4v) is 2.05. The van der Waals surface area contributed by atoms with E-state index in [0.717, 1.165) is 6.42 Å². The van der Waals surface area contributed by atoms with Gasteiger partial charge in [0.05, 0.1) is 0 Å². The maximum atomic E-state index is 11.9. The lowest BCUT2D eigenvalue weighted by atomic mass is 10.3. The average Bonchev–Trinajstić information content (AvgIpc) is 2.81. The fourth-order valence-electron chi connectivity index (χ4n) is 2.05. The number of amides is 1. The van der Waals surface area contributed by atoms with E-state index in [1.807, 2.05) is 6.92 Å². The summed E-state index contributed by atoms with van der Waals surface area (Å²) in [5, 5.41) is 2.77. The first-order chi connectivity index (χ1) is 10.1. The summed E-state index contributed by atoms with van der Waals surface area (Å²) in [4.78, 5) is 23.8. The number of carbonyl (C=O) groups is 1. The third-order valence-electron chi connectivity index (χ3n) is 3.16. The number of aryl methyl sites for hydroxylation is 2. The molecule has 1 aromatic carbocycles. The van der Waals surface area contributed by atoms with Crippen molar-refractivity contribution in [3.8, 4) is 0 Å². The van der Waals surface area contributed by atoms with Gasteiger partial charge in [-0.2, -0.15) is 0 Å². The van der Waals surface area contributed by atoms with Crippen LogP contribution in [0.3, 0.4) is 0 Å². The highest BCUT2D eigenvalue weighted by Gasteiger charge is 2.06. The van der Waals surface area contributed by atoms with Crippen LogP contribution in [0.4, 0.5) is 11.4 Å². The molecule has 1 aromatic heterocycles. The zero-order chi connectivity index (χ0) is 15.2. The molecule has 0 bridgehead atoms. The number of imidazole rings is 1. The SMILES string of the molecule is CCCn1ccn(CCC(=O)Nc2ccc(N)cc2)c1=O. The Morgan fingerprint density at radius 2 is 1.76 bits per heavy atom. The van der Waals surface area contributed by atoms with E-state index in [1.165, 1.54) is 0 Å². The number of rotatable bonds is 6. The van der Waals surface area contributed by atoms with Crippen molar-refractivity contribution in [3.63, 3.8) is 0 Å². The van der Waals surface area contributed by atoms with E-state index in [9.17, 15) is 9.59 Å². The van der Waals surface area contributed by atoms with Gasteiger partial charge in [0.25, 0.3) is 0 Å². The van der Waals surface area contributed by atoms with Gasteiger partial charge in [0.1, 0.15) is 0 Å². The molecule has 2 aromatic rings. The molecule has 3 N–H and O–H groups in total. The lowest BCUT2D eigenvalue weighted by Crippen LogP contribution is -2.25. The topological polar surface area (TPSA) is 82.1 Å². The highest BCUT2D eigenvalue weighted by atomic mass is 16.2. The normalized spacial score (nSPS) is 10.5. The summed E-state index contributed by atoms with van der Waals surface area (Å²) < 4.78 is 3.20. The van der Waals surface area contributed by atoms with E-state index >= 15 is 0 Å². The summed E-state index contributed by atoms with van der Waals surface area (Å²) >= 11 is 0. The van der Waals surface area contributed by atoms with Crippen LogP contribution in [0.1, 0.15) is 19.8 Å². The Hall–Kier alpha value is -2.50. The van der Waals surface area contributed by atoms with E-state index in [4.69, 9.17) is 5.73 Å². The van der Waals surface area contributed by atoms with Crippen molar-refractivity contribution in [2.75, 3.05) is 11.1 Å². The minimum Gasteiger partial charge on any atom is -0.399 e. The van der Waals surface area contributed by atoms with E-state index in [1.54, 1.807) is 45.8 Å². The number of nitrogens with two attached hydrogens (primary N) is 1. The predicted molar refractivity (Wildman–Crippen MR) is 83.1 cm³/mol. The molecule has 0 aliphatic heterocycles. The second-order valence-electron chi connectivity index (χ2n) is 4.89. The van der Waals surface area contributed by atoms with Gasteiger partial charge < -0.3 is 11.1 Å². The molecule has 0 fully saturated rings. The second kappa shape index (κ2) is 6.78. The Kier molecular flexibility index (Phi) is 4.81. The number of benzene rings is 1. The molecule has 1 amide bonds. The molecule has 112 valence electrons. The molecule has 6 heteroatoms. The fraction of sp³-hybridized carbons (Fsp3) is 0.333. The van der Waals surface area contributed by atoms with E-state index in [-0.39, 0.29) is 18.0 Å². The second-order valence-corrected chi connectivity index (χ2v) is 4.89. The van der Waals surface area contributed by atoms with Crippen LogP contribution in [0.15, 0.2) is 41.5 Å². The van der Waals surface area contributed by atoms with Crippen molar-refractivity contribution in [1.82, 2.24) is 9.13 Å². The first-order valence-corrected chi connectivity index (χ1v) is 7.01. The number of aromatic nitrogens is 2. The molecular weight excluding hydrogens is 268 g/mol. The van der Waals surface area contributed by atoms with Crippen molar-refractivity contribution in [1.29, 1.82) is 0 Å². The summed E-state index contributed by atoms with van der Waals surface area (Å²) in [6.07, 6.45) is 4.63. The van der Waals surface area contributed by atoms with Gasteiger partial charge in [-0.05, 0) is 30.7 Å². The first kappa shape index (κ1) is 14.9. The molecule has 1 heterocycles. The number of nitrogen functional groups attached to an aromatic ring is 1. The summed E-state index contributed by atoms with van der Waals surface area (Å²) in [5.74, 6) is -0.130. The molecule has 0 saturated carbocycles.